The van der Waals surface area contributed by atoms with Crippen molar-refractivity contribution in [2.45, 2.75) is 13.3 Å². The summed E-state index contributed by atoms with van der Waals surface area (Å²) in [5, 5.41) is 3.25. The first-order valence-corrected chi connectivity index (χ1v) is 6.79. The molecule has 0 unspecified atom stereocenters. The summed E-state index contributed by atoms with van der Waals surface area (Å²) >= 11 is 0. The molecule has 2 heterocycles. The topological polar surface area (TPSA) is 62.3 Å². The van der Waals surface area contributed by atoms with E-state index < -0.39 is 0 Å². The van der Waals surface area contributed by atoms with Crippen molar-refractivity contribution in [1.29, 1.82) is 0 Å². The van der Waals surface area contributed by atoms with Gasteiger partial charge in [0.05, 0.1) is 16.9 Å². The molecule has 0 atom stereocenters. The number of pyridine rings is 1. The molecule has 0 saturated carbocycles. The summed E-state index contributed by atoms with van der Waals surface area (Å²) in [6.45, 7) is 2.21. The highest BCUT2D eigenvalue weighted by molar-refractivity contribution is 6.21. The van der Waals surface area contributed by atoms with E-state index in [0.29, 0.717) is 11.3 Å². The molecule has 0 saturated heterocycles. The summed E-state index contributed by atoms with van der Waals surface area (Å²) < 4.78 is 0. The Labute approximate surface area is 122 Å². The zero-order valence-corrected chi connectivity index (χ0v) is 11.7. The first kappa shape index (κ1) is 13.3. The smallest absolute Gasteiger partial charge is 0.266 e. The van der Waals surface area contributed by atoms with E-state index in [4.69, 9.17) is 0 Å². The monoisotopic (exact) mass is 281 g/mol. The Morgan fingerprint density at radius 1 is 1.24 bits per heavy atom. The van der Waals surface area contributed by atoms with Crippen LogP contribution < -0.4 is 10.2 Å². The van der Waals surface area contributed by atoms with Gasteiger partial charge in [0.2, 0.25) is 5.91 Å². The molecular formula is C16H15N3O2. The molecular weight excluding hydrogens is 266 g/mol. The lowest BCUT2D eigenvalue weighted by atomic mass is 10.1. The van der Waals surface area contributed by atoms with Gasteiger partial charge in [0.1, 0.15) is 0 Å². The third-order valence-electron chi connectivity index (χ3n) is 3.49. The van der Waals surface area contributed by atoms with Gasteiger partial charge in [-0.15, -0.1) is 0 Å². The second kappa shape index (κ2) is 5.36. The predicted molar refractivity (Wildman–Crippen MR) is 80.4 cm³/mol. The Morgan fingerprint density at radius 2 is 2.10 bits per heavy atom. The van der Waals surface area contributed by atoms with Crippen molar-refractivity contribution in [3.8, 4) is 0 Å². The number of nitrogens with zero attached hydrogens (tertiary/aromatic N) is 2. The summed E-state index contributed by atoms with van der Waals surface area (Å²) in [5.74, 6) is -0.677. The molecule has 0 bridgehead atoms. The third-order valence-corrected chi connectivity index (χ3v) is 3.49. The van der Waals surface area contributed by atoms with Crippen molar-refractivity contribution in [3.05, 3.63) is 53.9 Å². The zero-order valence-electron chi connectivity index (χ0n) is 11.7. The first-order valence-electron chi connectivity index (χ1n) is 6.79. The molecule has 1 aromatic heterocycles. The molecule has 2 amide bonds. The highest BCUT2D eigenvalue weighted by atomic mass is 16.2. The second-order valence-electron chi connectivity index (χ2n) is 4.89. The van der Waals surface area contributed by atoms with Crippen LogP contribution in [0, 0.1) is 0 Å². The summed E-state index contributed by atoms with van der Waals surface area (Å²) in [7, 11) is 0. The first-order chi connectivity index (χ1) is 10.2. The van der Waals surface area contributed by atoms with Crippen LogP contribution in [0.4, 0.5) is 11.4 Å². The quantitative estimate of drug-likeness (QED) is 0.917. The molecule has 2 aromatic rings. The molecule has 3 rings (SSSR count). The number of rotatable bonds is 2. The second-order valence-corrected chi connectivity index (χ2v) is 4.89. The average molecular weight is 281 g/mol. The fourth-order valence-corrected chi connectivity index (χ4v) is 2.55. The summed E-state index contributed by atoms with van der Waals surface area (Å²) in [5.41, 5.74) is 2.98. The van der Waals surface area contributed by atoms with Gasteiger partial charge in [0.15, 0.2) is 0 Å². The fourth-order valence-electron chi connectivity index (χ4n) is 2.55. The normalized spacial score (nSPS) is 12.4. The van der Waals surface area contributed by atoms with E-state index in [1.165, 1.54) is 18.0 Å². The number of amides is 2. The van der Waals surface area contributed by atoms with Crippen molar-refractivity contribution < 1.29 is 9.59 Å². The van der Waals surface area contributed by atoms with Crippen LogP contribution >= 0.6 is 0 Å². The summed E-state index contributed by atoms with van der Waals surface area (Å²) in [4.78, 5) is 29.8. The van der Waals surface area contributed by atoms with Crippen LogP contribution in [0.5, 0.6) is 0 Å². The molecule has 1 aromatic carbocycles. The highest BCUT2D eigenvalue weighted by Crippen LogP contribution is 2.34. The van der Waals surface area contributed by atoms with Crippen molar-refractivity contribution >= 4 is 23.2 Å². The largest absolute Gasteiger partial charge is 0.383 e. The Bertz CT molecular complexity index is 698. The van der Waals surface area contributed by atoms with Crippen LogP contribution in [0.25, 0.3) is 0 Å². The number of hydrogen-bond acceptors (Lipinski definition) is 4. The number of aromatic nitrogens is 1. The van der Waals surface area contributed by atoms with Crippen LogP contribution in [0.2, 0.25) is 0 Å². The number of carbonyl (C=O) groups is 2. The van der Waals surface area contributed by atoms with E-state index in [1.54, 1.807) is 24.4 Å². The SMILES string of the molecule is CC(=O)N(C(=O)c1cccnc1)c1cccc2c1NCC2. The maximum atomic E-state index is 12.6. The Hall–Kier alpha value is -2.69. The molecule has 1 aliphatic heterocycles. The number of carbonyl (C=O) groups excluding carboxylic acids is 2. The van der Waals surface area contributed by atoms with Gasteiger partial charge < -0.3 is 5.32 Å². The summed E-state index contributed by atoms with van der Waals surface area (Å²) in [6, 6.07) is 8.99. The van der Waals surface area contributed by atoms with Crippen LogP contribution in [0.15, 0.2) is 42.7 Å². The molecule has 5 nitrogen and oxygen atoms in total. The Kier molecular flexibility index (Phi) is 3.39. The van der Waals surface area contributed by atoms with Crippen molar-refractivity contribution in [1.82, 2.24) is 4.98 Å². The van der Waals surface area contributed by atoms with E-state index in [0.717, 1.165) is 24.2 Å². The highest BCUT2D eigenvalue weighted by Gasteiger charge is 2.26. The average Bonchev–Trinajstić information content (AvgIpc) is 2.97. The van der Waals surface area contributed by atoms with E-state index in [2.05, 4.69) is 10.3 Å². The number of benzene rings is 1. The van der Waals surface area contributed by atoms with E-state index >= 15 is 0 Å². The zero-order chi connectivity index (χ0) is 14.8. The van der Waals surface area contributed by atoms with Gasteiger partial charge in [-0.3, -0.25) is 14.6 Å². The lowest BCUT2D eigenvalue weighted by molar-refractivity contribution is -0.115. The minimum Gasteiger partial charge on any atom is -0.383 e. The minimum atomic E-state index is -0.363. The maximum Gasteiger partial charge on any atom is 0.266 e. The molecule has 0 aliphatic carbocycles. The van der Waals surface area contributed by atoms with Crippen LogP contribution in [0.3, 0.4) is 0 Å². The van der Waals surface area contributed by atoms with Crippen molar-refractivity contribution in [2.75, 3.05) is 16.8 Å². The number of hydrogen-bond donors (Lipinski definition) is 1. The number of nitrogens with one attached hydrogen (secondary N) is 1. The molecule has 0 radical (unpaired) electrons. The molecule has 21 heavy (non-hydrogen) atoms. The number of anilines is 2. The van der Waals surface area contributed by atoms with Crippen LogP contribution in [0.1, 0.15) is 22.8 Å². The van der Waals surface area contributed by atoms with Gasteiger partial charge in [-0.25, -0.2) is 4.90 Å². The molecule has 0 fully saturated rings. The van der Waals surface area contributed by atoms with Gasteiger partial charge in [-0.1, -0.05) is 12.1 Å². The minimum absolute atomic E-state index is 0.314. The number of para-hydroxylation sites is 1. The number of imide groups is 1. The molecule has 0 spiro atoms. The predicted octanol–water partition coefficient (Wildman–Crippen LogP) is 2.24. The molecule has 5 heteroatoms. The number of fused-ring (bicyclic) bond motifs is 1. The van der Waals surface area contributed by atoms with Gasteiger partial charge in [-0.2, -0.15) is 0 Å². The van der Waals surface area contributed by atoms with Crippen molar-refractivity contribution in [2.24, 2.45) is 0 Å². The van der Waals surface area contributed by atoms with E-state index in [-0.39, 0.29) is 11.8 Å². The lowest BCUT2D eigenvalue weighted by Gasteiger charge is -2.22. The molecule has 106 valence electrons. The van der Waals surface area contributed by atoms with Gasteiger partial charge in [-0.05, 0) is 30.2 Å². The van der Waals surface area contributed by atoms with Gasteiger partial charge in [0.25, 0.3) is 5.91 Å². The Balaban J connectivity index is 2.06. The molecule has 1 N–H and O–H groups in total. The summed E-state index contributed by atoms with van der Waals surface area (Å²) in [6.07, 6.45) is 3.96. The fraction of sp³-hybridized carbons (Fsp3) is 0.188. The maximum absolute atomic E-state index is 12.6. The van der Waals surface area contributed by atoms with Crippen molar-refractivity contribution in [3.63, 3.8) is 0 Å². The molecule has 1 aliphatic rings. The van der Waals surface area contributed by atoms with Crippen LogP contribution in [-0.2, 0) is 11.2 Å². The Morgan fingerprint density at radius 3 is 2.81 bits per heavy atom. The van der Waals surface area contributed by atoms with E-state index in [9.17, 15) is 9.59 Å². The van der Waals surface area contributed by atoms with Gasteiger partial charge in [0, 0.05) is 25.9 Å². The standard InChI is InChI=1S/C16H15N3O2/c1-11(20)19(16(21)13-5-3-8-17-10-13)14-6-2-4-12-7-9-18-15(12)14/h2-6,8,10,18H,7,9H2,1H3. The third kappa shape index (κ3) is 2.38. The van der Waals surface area contributed by atoms with Gasteiger partial charge >= 0.3 is 0 Å². The van der Waals surface area contributed by atoms with E-state index in [1.807, 2.05) is 12.1 Å². The van der Waals surface area contributed by atoms with Crippen LogP contribution in [-0.4, -0.2) is 23.3 Å². The lowest BCUT2D eigenvalue weighted by Crippen LogP contribution is -2.35.